The number of aliphatic hydroxyl groups excluding tert-OH is 1. The van der Waals surface area contributed by atoms with Crippen molar-refractivity contribution in [3.63, 3.8) is 0 Å². The molecule has 0 aliphatic heterocycles. The Morgan fingerprint density at radius 3 is 2.43 bits per heavy atom. The van der Waals surface area contributed by atoms with Gasteiger partial charge in [-0.3, -0.25) is 4.79 Å². The van der Waals surface area contributed by atoms with Gasteiger partial charge in [0, 0.05) is 7.34 Å². The van der Waals surface area contributed by atoms with E-state index in [0.29, 0.717) is 0 Å². The van der Waals surface area contributed by atoms with Crippen molar-refractivity contribution in [1.29, 1.82) is 0 Å². The van der Waals surface area contributed by atoms with Crippen LogP contribution in [0.4, 0.5) is 4.39 Å². The van der Waals surface area contributed by atoms with Gasteiger partial charge in [-0.05, 0) is 6.42 Å². The fourth-order valence-corrected chi connectivity index (χ4v) is 0.636. The SMILES string of the molecule is CC.CCC(C)C(=O)NCC(F)CO.[HH]. The zero-order valence-electron chi connectivity index (χ0n) is 9.51. The van der Waals surface area contributed by atoms with Crippen molar-refractivity contribution in [3.05, 3.63) is 0 Å². The molecule has 0 spiro atoms. The molecule has 2 N–H and O–H groups in total. The van der Waals surface area contributed by atoms with Crippen molar-refractivity contribution in [2.45, 2.75) is 40.3 Å². The average Bonchev–Trinajstić information content (AvgIpc) is 2.26. The van der Waals surface area contributed by atoms with E-state index in [1.807, 2.05) is 20.8 Å². The molecule has 0 heterocycles. The Labute approximate surface area is 87.2 Å². The summed E-state index contributed by atoms with van der Waals surface area (Å²) in [7, 11) is 0. The molecule has 0 saturated carbocycles. The number of nitrogens with one attached hydrogen (secondary N) is 1. The minimum atomic E-state index is -1.35. The quantitative estimate of drug-likeness (QED) is 0.724. The molecule has 0 radical (unpaired) electrons. The zero-order valence-corrected chi connectivity index (χ0v) is 9.51. The monoisotopic (exact) mass is 209 g/mol. The molecule has 2 atom stereocenters. The molecule has 14 heavy (non-hydrogen) atoms. The predicted molar refractivity (Wildman–Crippen MR) is 57.9 cm³/mol. The molecule has 0 aromatic rings. The number of aliphatic hydroxyl groups is 1. The first-order valence-corrected chi connectivity index (χ1v) is 5.14. The molecular formula is C10H24FNO2. The van der Waals surface area contributed by atoms with Crippen LogP contribution in [0.1, 0.15) is 35.5 Å². The summed E-state index contributed by atoms with van der Waals surface area (Å²) in [5.41, 5.74) is 0. The van der Waals surface area contributed by atoms with Crippen LogP contribution in [-0.4, -0.2) is 30.3 Å². The normalized spacial score (nSPS) is 13.6. The van der Waals surface area contributed by atoms with Gasteiger partial charge in [0.1, 0.15) is 6.17 Å². The highest BCUT2D eigenvalue weighted by molar-refractivity contribution is 5.78. The molecule has 0 aliphatic carbocycles. The van der Waals surface area contributed by atoms with Crippen molar-refractivity contribution in [2.75, 3.05) is 13.2 Å². The van der Waals surface area contributed by atoms with Gasteiger partial charge in [0.05, 0.1) is 13.2 Å². The molecule has 0 aliphatic rings. The molecule has 88 valence electrons. The van der Waals surface area contributed by atoms with E-state index in [0.717, 1.165) is 6.42 Å². The summed E-state index contributed by atoms with van der Waals surface area (Å²) < 4.78 is 12.4. The Morgan fingerprint density at radius 1 is 1.57 bits per heavy atom. The number of hydrogen-bond donors (Lipinski definition) is 2. The van der Waals surface area contributed by atoms with Gasteiger partial charge in [0.15, 0.2) is 0 Å². The van der Waals surface area contributed by atoms with E-state index < -0.39 is 12.8 Å². The summed E-state index contributed by atoms with van der Waals surface area (Å²) in [6, 6.07) is 0. The van der Waals surface area contributed by atoms with Gasteiger partial charge in [-0.25, -0.2) is 4.39 Å². The van der Waals surface area contributed by atoms with E-state index in [1.165, 1.54) is 0 Å². The van der Waals surface area contributed by atoms with Gasteiger partial charge in [-0.1, -0.05) is 27.7 Å². The lowest BCUT2D eigenvalue weighted by Crippen LogP contribution is -2.35. The van der Waals surface area contributed by atoms with Crippen LogP contribution in [0.5, 0.6) is 0 Å². The predicted octanol–water partition coefficient (Wildman–Crippen LogP) is 1.75. The summed E-state index contributed by atoms with van der Waals surface area (Å²) in [6.07, 6.45) is -0.611. The topological polar surface area (TPSA) is 49.3 Å². The summed E-state index contributed by atoms with van der Waals surface area (Å²) in [5.74, 6) is -0.246. The number of carbonyl (C=O) groups excluding carboxylic acids is 1. The highest BCUT2D eigenvalue weighted by Crippen LogP contribution is 1.99. The lowest BCUT2D eigenvalue weighted by Gasteiger charge is -2.10. The summed E-state index contributed by atoms with van der Waals surface area (Å²) in [5, 5.41) is 10.7. The van der Waals surface area contributed by atoms with Crippen LogP contribution in [0.3, 0.4) is 0 Å². The number of hydrogen-bond acceptors (Lipinski definition) is 2. The fraction of sp³-hybridized carbons (Fsp3) is 0.900. The van der Waals surface area contributed by atoms with E-state index in [4.69, 9.17) is 5.11 Å². The number of carbonyl (C=O) groups is 1. The van der Waals surface area contributed by atoms with Crippen LogP contribution in [0, 0.1) is 5.92 Å². The second-order valence-corrected chi connectivity index (χ2v) is 2.83. The first-order chi connectivity index (χ1) is 6.61. The van der Waals surface area contributed by atoms with Crippen LogP contribution < -0.4 is 5.32 Å². The van der Waals surface area contributed by atoms with Crippen LogP contribution in [0.2, 0.25) is 0 Å². The summed E-state index contributed by atoms with van der Waals surface area (Å²) >= 11 is 0. The third-order valence-electron chi connectivity index (χ3n) is 1.76. The van der Waals surface area contributed by atoms with Crippen LogP contribution in [-0.2, 0) is 4.79 Å². The largest absolute Gasteiger partial charge is 0.393 e. The molecule has 0 aromatic carbocycles. The second kappa shape index (κ2) is 10.4. The zero-order chi connectivity index (χ0) is 11.6. The van der Waals surface area contributed by atoms with Crippen molar-refractivity contribution in [1.82, 2.24) is 5.32 Å². The Kier molecular flexibility index (Phi) is 11.8. The average molecular weight is 209 g/mol. The van der Waals surface area contributed by atoms with Gasteiger partial charge in [-0.15, -0.1) is 0 Å². The summed E-state index contributed by atoms with van der Waals surface area (Å²) in [6.45, 7) is 7.03. The van der Waals surface area contributed by atoms with E-state index in [-0.39, 0.29) is 19.8 Å². The van der Waals surface area contributed by atoms with Gasteiger partial charge < -0.3 is 10.4 Å². The van der Waals surface area contributed by atoms with Crippen LogP contribution >= 0.6 is 0 Å². The molecule has 3 nitrogen and oxygen atoms in total. The maximum absolute atomic E-state index is 12.4. The molecule has 1 amide bonds. The smallest absolute Gasteiger partial charge is 0.222 e. The highest BCUT2D eigenvalue weighted by atomic mass is 19.1. The van der Waals surface area contributed by atoms with Crippen LogP contribution in [0.15, 0.2) is 0 Å². The summed E-state index contributed by atoms with van der Waals surface area (Å²) in [4.78, 5) is 11.0. The molecule has 2 unspecified atom stereocenters. The second-order valence-electron chi connectivity index (χ2n) is 2.83. The Bertz CT molecular complexity index is 147. The van der Waals surface area contributed by atoms with E-state index >= 15 is 0 Å². The molecule has 4 heteroatoms. The Balaban J connectivity index is -0.000000449. The fourth-order valence-electron chi connectivity index (χ4n) is 0.636. The number of amides is 1. The minimum absolute atomic E-state index is 0. The van der Waals surface area contributed by atoms with Crippen molar-refractivity contribution >= 4 is 5.91 Å². The first-order valence-electron chi connectivity index (χ1n) is 5.14. The Morgan fingerprint density at radius 2 is 2.07 bits per heavy atom. The molecule has 0 fully saturated rings. The lowest BCUT2D eigenvalue weighted by atomic mass is 10.1. The maximum Gasteiger partial charge on any atom is 0.222 e. The highest BCUT2D eigenvalue weighted by Gasteiger charge is 2.11. The number of alkyl halides is 1. The van der Waals surface area contributed by atoms with Gasteiger partial charge >= 0.3 is 0 Å². The molecule has 0 bridgehead atoms. The third-order valence-corrected chi connectivity index (χ3v) is 1.76. The van der Waals surface area contributed by atoms with E-state index in [9.17, 15) is 9.18 Å². The first kappa shape index (κ1) is 15.8. The van der Waals surface area contributed by atoms with Crippen LogP contribution in [0.25, 0.3) is 0 Å². The standard InChI is InChI=1S/C8H16FNO2.C2H6.H2/c1-3-6(2)8(12)10-4-7(9)5-11;1-2;/h6-7,11H,3-5H2,1-2H3,(H,10,12);1-2H3;1H. The molecular weight excluding hydrogens is 185 g/mol. The third kappa shape index (κ3) is 7.98. The Hall–Kier alpha value is -0.640. The van der Waals surface area contributed by atoms with Crippen molar-refractivity contribution in [2.24, 2.45) is 5.92 Å². The molecule has 0 rings (SSSR count). The van der Waals surface area contributed by atoms with E-state index in [1.54, 1.807) is 6.92 Å². The molecule has 0 aromatic heterocycles. The van der Waals surface area contributed by atoms with Gasteiger partial charge in [0.25, 0.3) is 0 Å². The lowest BCUT2D eigenvalue weighted by molar-refractivity contribution is -0.124. The van der Waals surface area contributed by atoms with Crippen molar-refractivity contribution < 1.29 is 15.7 Å². The van der Waals surface area contributed by atoms with Gasteiger partial charge in [-0.2, -0.15) is 0 Å². The number of rotatable bonds is 5. The molecule has 0 saturated heterocycles. The van der Waals surface area contributed by atoms with E-state index in [2.05, 4.69) is 5.32 Å². The van der Waals surface area contributed by atoms with Gasteiger partial charge in [0.2, 0.25) is 5.91 Å². The number of halogens is 1. The maximum atomic E-state index is 12.4. The minimum Gasteiger partial charge on any atom is -0.393 e. The van der Waals surface area contributed by atoms with Crippen molar-refractivity contribution in [3.8, 4) is 0 Å².